The highest BCUT2D eigenvalue weighted by molar-refractivity contribution is 9.10. The van der Waals surface area contributed by atoms with Crippen molar-refractivity contribution in [3.8, 4) is 0 Å². The number of halogens is 1. The van der Waals surface area contributed by atoms with Gasteiger partial charge in [-0.3, -0.25) is 4.98 Å². The fourth-order valence-electron chi connectivity index (χ4n) is 1.25. The molecular formula is C11H17BrN2O4S. The lowest BCUT2D eigenvalue weighted by Gasteiger charge is -2.07. The van der Waals surface area contributed by atoms with Crippen LogP contribution in [0.15, 0.2) is 27.8 Å². The molecule has 108 valence electrons. The van der Waals surface area contributed by atoms with Gasteiger partial charge in [-0.05, 0) is 28.4 Å². The number of pyridine rings is 1. The van der Waals surface area contributed by atoms with Crippen LogP contribution in [-0.4, -0.2) is 46.9 Å². The molecule has 0 aliphatic carbocycles. The van der Waals surface area contributed by atoms with E-state index in [0.29, 0.717) is 37.3 Å². The number of nitrogens with zero attached hydrogens (tertiary/aromatic N) is 1. The van der Waals surface area contributed by atoms with Crippen molar-refractivity contribution in [2.24, 2.45) is 0 Å². The fourth-order valence-corrected chi connectivity index (χ4v) is 2.83. The smallest absolute Gasteiger partial charge is 0.242 e. The highest BCUT2D eigenvalue weighted by atomic mass is 79.9. The van der Waals surface area contributed by atoms with E-state index in [1.54, 1.807) is 7.11 Å². The Morgan fingerprint density at radius 1 is 1.32 bits per heavy atom. The molecule has 1 aromatic heterocycles. The SMILES string of the molecule is COCCOCCCNS(=O)(=O)c1cncc(Br)c1. The predicted octanol–water partition coefficient (Wildman–Crippen LogP) is 1.18. The van der Waals surface area contributed by atoms with Crippen molar-refractivity contribution in [3.63, 3.8) is 0 Å². The molecule has 0 amide bonds. The van der Waals surface area contributed by atoms with E-state index in [0.717, 1.165) is 0 Å². The maximum Gasteiger partial charge on any atom is 0.242 e. The van der Waals surface area contributed by atoms with E-state index in [-0.39, 0.29) is 4.90 Å². The van der Waals surface area contributed by atoms with Gasteiger partial charge in [-0.2, -0.15) is 0 Å². The van der Waals surface area contributed by atoms with E-state index in [1.165, 1.54) is 18.5 Å². The Balaban J connectivity index is 2.32. The van der Waals surface area contributed by atoms with E-state index in [9.17, 15) is 8.42 Å². The molecule has 0 unspecified atom stereocenters. The summed E-state index contributed by atoms with van der Waals surface area (Å²) in [5, 5.41) is 0. The van der Waals surface area contributed by atoms with Gasteiger partial charge < -0.3 is 9.47 Å². The van der Waals surface area contributed by atoms with E-state index in [1.807, 2.05) is 0 Å². The molecule has 0 aliphatic rings. The van der Waals surface area contributed by atoms with E-state index in [4.69, 9.17) is 9.47 Å². The van der Waals surface area contributed by atoms with Crippen LogP contribution in [0.5, 0.6) is 0 Å². The highest BCUT2D eigenvalue weighted by Gasteiger charge is 2.13. The number of methoxy groups -OCH3 is 1. The summed E-state index contributed by atoms with van der Waals surface area (Å²) in [5.74, 6) is 0. The molecule has 0 spiro atoms. The Morgan fingerprint density at radius 2 is 2.11 bits per heavy atom. The van der Waals surface area contributed by atoms with Crippen molar-refractivity contribution in [1.82, 2.24) is 9.71 Å². The van der Waals surface area contributed by atoms with Crippen molar-refractivity contribution < 1.29 is 17.9 Å². The van der Waals surface area contributed by atoms with Gasteiger partial charge in [-0.1, -0.05) is 0 Å². The first kappa shape index (κ1) is 16.5. The van der Waals surface area contributed by atoms with Gasteiger partial charge in [0.25, 0.3) is 0 Å². The van der Waals surface area contributed by atoms with Gasteiger partial charge in [0.2, 0.25) is 10.0 Å². The monoisotopic (exact) mass is 352 g/mol. The van der Waals surface area contributed by atoms with Crippen molar-refractivity contribution in [1.29, 1.82) is 0 Å². The Kier molecular flexibility index (Phi) is 7.47. The second kappa shape index (κ2) is 8.60. The molecule has 6 nitrogen and oxygen atoms in total. The lowest BCUT2D eigenvalue weighted by molar-refractivity contribution is 0.0699. The Hall–Kier alpha value is -0.540. The number of hydrogen-bond donors (Lipinski definition) is 1. The van der Waals surface area contributed by atoms with E-state index >= 15 is 0 Å². The van der Waals surface area contributed by atoms with Gasteiger partial charge >= 0.3 is 0 Å². The number of sulfonamides is 1. The molecule has 0 bridgehead atoms. The zero-order chi connectivity index (χ0) is 14.1. The van der Waals surface area contributed by atoms with E-state index in [2.05, 4.69) is 25.6 Å². The molecule has 8 heteroatoms. The van der Waals surface area contributed by atoms with Crippen LogP contribution in [0, 0.1) is 0 Å². The minimum atomic E-state index is -3.50. The number of aromatic nitrogens is 1. The molecule has 0 atom stereocenters. The zero-order valence-electron chi connectivity index (χ0n) is 10.6. The molecule has 0 aromatic carbocycles. The minimum absolute atomic E-state index is 0.141. The first-order chi connectivity index (χ1) is 9.06. The van der Waals surface area contributed by atoms with Crippen LogP contribution in [0.1, 0.15) is 6.42 Å². The third-order valence-electron chi connectivity index (χ3n) is 2.18. The zero-order valence-corrected chi connectivity index (χ0v) is 13.0. The second-order valence-electron chi connectivity index (χ2n) is 3.70. The molecule has 0 aliphatic heterocycles. The first-order valence-electron chi connectivity index (χ1n) is 5.73. The maximum atomic E-state index is 11.9. The van der Waals surface area contributed by atoms with Gasteiger partial charge in [0.05, 0.1) is 13.2 Å². The molecule has 1 N–H and O–H groups in total. The van der Waals surface area contributed by atoms with Crippen LogP contribution in [0.4, 0.5) is 0 Å². The largest absolute Gasteiger partial charge is 0.382 e. The summed E-state index contributed by atoms with van der Waals surface area (Å²) < 4.78 is 36.9. The molecule has 0 radical (unpaired) electrons. The predicted molar refractivity (Wildman–Crippen MR) is 74.4 cm³/mol. The summed E-state index contributed by atoms with van der Waals surface area (Å²) in [6, 6.07) is 1.50. The van der Waals surface area contributed by atoms with Crippen LogP contribution in [-0.2, 0) is 19.5 Å². The molecular weight excluding hydrogens is 336 g/mol. The average Bonchev–Trinajstić information content (AvgIpc) is 2.38. The van der Waals surface area contributed by atoms with Crippen LogP contribution >= 0.6 is 15.9 Å². The Labute approximate surface area is 121 Å². The minimum Gasteiger partial charge on any atom is -0.382 e. The molecule has 0 saturated carbocycles. The summed E-state index contributed by atoms with van der Waals surface area (Å²) in [7, 11) is -1.90. The Bertz CT molecular complexity index is 481. The molecule has 1 heterocycles. The van der Waals surface area contributed by atoms with Crippen molar-refractivity contribution in [2.75, 3.05) is 33.5 Å². The van der Waals surface area contributed by atoms with Crippen LogP contribution in [0.3, 0.4) is 0 Å². The molecule has 0 saturated heterocycles. The lowest BCUT2D eigenvalue weighted by Crippen LogP contribution is -2.25. The third-order valence-corrected chi connectivity index (χ3v) is 4.04. The van der Waals surface area contributed by atoms with Gasteiger partial charge in [-0.25, -0.2) is 13.1 Å². The lowest BCUT2D eigenvalue weighted by atomic mass is 10.5. The third kappa shape index (κ3) is 6.44. The van der Waals surface area contributed by atoms with Gasteiger partial charge in [0, 0.05) is 37.1 Å². The normalized spacial score (nSPS) is 11.7. The maximum absolute atomic E-state index is 11.9. The average molecular weight is 353 g/mol. The fraction of sp³-hybridized carbons (Fsp3) is 0.545. The summed E-state index contributed by atoms with van der Waals surface area (Å²) in [6.45, 7) is 1.86. The topological polar surface area (TPSA) is 77.5 Å². The standard InChI is InChI=1S/C11H17BrN2O4S/c1-17-5-6-18-4-2-3-14-19(15,16)11-7-10(12)8-13-9-11/h7-9,14H,2-6H2,1H3. The van der Waals surface area contributed by atoms with Gasteiger partial charge in [-0.15, -0.1) is 0 Å². The van der Waals surface area contributed by atoms with Crippen LogP contribution < -0.4 is 4.72 Å². The number of nitrogens with one attached hydrogen (secondary N) is 1. The summed E-state index contributed by atoms with van der Waals surface area (Å²) in [6.07, 6.45) is 3.44. The summed E-state index contributed by atoms with van der Waals surface area (Å²) in [4.78, 5) is 3.96. The van der Waals surface area contributed by atoms with Crippen molar-refractivity contribution in [3.05, 3.63) is 22.9 Å². The van der Waals surface area contributed by atoms with Crippen LogP contribution in [0.25, 0.3) is 0 Å². The van der Waals surface area contributed by atoms with Crippen molar-refractivity contribution >= 4 is 26.0 Å². The molecule has 19 heavy (non-hydrogen) atoms. The van der Waals surface area contributed by atoms with Gasteiger partial charge in [0.15, 0.2) is 0 Å². The first-order valence-corrected chi connectivity index (χ1v) is 8.01. The van der Waals surface area contributed by atoms with Crippen molar-refractivity contribution in [2.45, 2.75) is 11.3 Å². The van der Waals surface area contributed by atoms with Crippen LogP contribution in [0.2, 0.25) is 0 Å². The highest BCUT2D eigenvalue weighted by Crippen LogP contribution is 2.13. The molecule has 1 aromatic rings. The number of hydrogen-bond acceptors (Lipinski definition) is 5. The molecule has 1 rings (SSSR count). The second-order valence-corrected chi connectivity index (χ2v) is 6.38. The quantitative estimate of drug-likeness (QED) is 0.675. The Morgan fingerprint density at radius 3 is 2.79 bits per heavy atom. The molecule has 0 fully saturated rings. The number of ether oxygens (including phenoxy) is 2. The van der Waals surface area contributed by atoms with E-state index < -0.39 is 10.0 Å². The van der Waals surface area contributed by atoms with Gasteiger partial charge in [0.1, 0.15) is 4.90 Å². The number of rotatable bonds is 9. The summed E-state index contributed by atoms with van der Waals surface area (Å²) >= 11 is 3.19. The summed E-state index contributed by atoms with van der Waals surface area (Å²) in [5.41, 5.74) is 0.